The molecule has 1 amide bonds. The molecule has 0 radical (unpaired) electrons. The van der Waals surface area contributed by atoms with Gasteiger partial charge in [-0.1, -0.05) is 0 Å². The van der Waals surface area contributed by atoms with Crippen LogP contribution < -0.4 is 0 Å². The molecule has 1 unspecified atom stereocenters. The van der Waals surface area contributed by atoms with E-state index in [0.29, 0.717) is 19.7 Å². The number of rotatable bonds is 4. The molecule has 2 heterocycles. The first kappa shape index (κ1) is 15.2. The summed E-state index contributed by atoms with van der Waals surface area (Å²) in [4.78, 5) is 25.3. The van der Waals surface area contributed by atoms with Crippen molar-refractivity contribution >= 4 is 45.2 Å². The maximum atomic E-state index is 12.0. The SMILES string of the molecule is O=C(O)CC1CN(C(=O)/C=C/c2cc(Br)cs2)CCO1. The second-order valence-corrected chi connectivity index (χ2v) is 6.23. The highest BCUT2D eigenvalue weighted by Gasteiger charge is 2.24. The van der Waals surface area contributed by atoms with Gasteiger partial charge in [0.1, 0.15) is 0 Å². The Morgan fingerprint density at radius 2 is 2.40 bits per heavy atom. The fourth-order valence-electron chi connectivity index (χ4n) is 1.91. The molecule has 0 bridgehead atoms. The predicted molar refractivity (Wildman–Crippen MR) is 79.6 cm³/mol. The number of ether oxygens (including phenoxy) is 1. The van der Waals surface area contributed by atoms with E-state index in [-0.39, 0.29) is 12.3 Å². The van der Waals surface area contributed by atoms with Gasteiger partial charge in [-0.25, -0.2) is 0 Å². The molecule has 1 aromatic rings. The Bertz CT molecular complexity index is 528. The van der Waals surface area contributed by atoms with E-state index >= 15 is 0 Å². The van der Waals surface area contributed by atoms with Gasteiger partial charge in [0.15, 0.2) is 0 Å². The number of nitrogens with zero attached hydrogens (tertiary/aromatic N) is 1. The number of carbonyl (C=O) groups is 2. The van der Waals surface area contributed by atoms with Gasteiger partial charge in [-0.15, -0.1) is 11.3 Å². The lowest BCUT2D eigenvalue weighted by Crippen LogP contribution is -2.45. The van der Waals surface area contributed by atoms with Crippen molar-refractivity contribution in [2.45, 2.75) is 12.5 Å². The van der Waals surface area contributed by atoms with Crippen molar-refractivity contribution in [3.63, 3.8) is 0 Å². The van der Waals surface area contributed by atoms with Gasteiger partial charge >= 0.3 is 5.97 Å². The lowest BCUT2D eigenvalue weighted by molar-refractivity contribution is -0.145. The Morgan fingerprint density at radius 3 is 3.05 bits per heavy atom. The first-order valence-electron chi connectivity index (χ1n) is 6.09. The Hall–Kier alpha value is -1.18. The molecule has 1 N–H and O–H groups in total. The Morgan fingerprint density at radius 1 is 1.60 bits per heavy atom. The van der Waals surface area contributed by atoms with Crippen molar-refractivity contribution in [1.29, 1.82) is 0 Å². The molecule has 0 saturated carbocycles. The van der Waals surface area contributed by atoms with Crippen LogP contribution in [0.3, 0.4) is 0 Å². The number of carbonyl (C=O) groups excluding carboxylic acids is 1. The minimum atomic E-state index is -0.914. The molecule has 0 spiro atoms. The van der Waals surface area contributed by atoms with E-state index in [0.717, 1.165) is 9.35 Å². The Kier molecular flexibility index (Phi) is 5.33. The first-order chi connectivity index (χ1) is 9.54. The van der Waals surface area contributed by atoms with Crippen LogP contribution in [0.4, 0.5) is 0 Å². The third-order valence-corrected chi connectivity index (χ3v) is 4.49. The Labute approximate surface area is 129 Å². The van der Waals surface area contributed by atoms with Crippen LogP contribution in [-0.2, 0) is 14.3 Å². The normalized spacial score (nSPS) is 19.4. The van der Waals surface area contributed by atoms with Crippen LogP contribution in [0.15, 0.2) is 22.0 Å². The maximum absolute atomic E-state index is 12.0. The van der Waals surface area contributed by atoms with E-state index in [1.165, 1.54) is 6.08 Å². The molecule has 1 fully saturated rings. The predicted octanol–water partition coefficient (Wildman–Crippen LogP) is 2.23. The summed E-state index contributed by atoms with van der Waals surface area (Å²) >= 11 is 4.90. The van der Waals surface area contributed by atoms with Gasteiger partial charge in [0.25, 0.3) is 0 Å². The number of aliphatic carboxylic acids is 1. The van der Waals surface area contributed by atoms with E-state index in [4.69, 9.17) is 9.84 Å². The van der Waals surface area contributed by atoms with Crippen molar-refractivity contribution in [3.05, 3.63) is 26.9 Å². The van der Waals surface area contributed by atoms with Gasteiger partial charge in [0.2, 0.25) is 5.91 Å². The zero-order valence-corrected chi connectivity index (χ0v) is 13.0. The third-order valence-electron chi connectivity index (χ3n) is 2.83. The van der Waals surface area contributed by atoms with Gasteiger partial charge in [0.05, 0.1) is 19.1 Å². The summed E-state index contributed by atoms with van der Waals surface area (Å²) < 4.78 is 6.32. The van der Waals surface area contributed by atoms with E-state index in [1.807, 2.05) is 11.4 Å². The van der Waals surface area contributed by atoms with Gasteiger partial charge in [-0.2, -0.15) is 0 Å². The summed E-state index contributed by atoms with van der Waals surface area (Å²) in [6, 6.07) is 1.93. The molecule has 7 heteroatoms. The monoisotopic (exact) mass is 359 g/mol. The van der Waals surface area contributed by atoms with Crippen LogP contribution in [0.5, 0.6) is 0 Å². The zero-order valence-electron chi connectivity index (χ0n) is 10.6. The fraction of sp³-hybridized carbons (Fsp3) is 0.385. The maximum Gasteiger partial charge on any atom is 0.306 e. The molecule has 1 aromatic heterocycles. The third kappa shape index (κ3) is 4.43. The molecule has 5 nitrogen and oxygen atoms in total. The van der Waals surface area contributed by atoms with Crippen LogP contribution >= 0.6 is 27.3 Å². The quantitative estimate of drug-likeness (QED) is 0.837. The molecule has 1 atom stereocenters. The van der Waals surface area contributed by atoms with E-state index in [1.54, 1.807) is 22.3 Å². The standard InChI is InChI=1S/C13H14BrNO4S/c14-9-5-11(20-8-9)1-2-12(16)15-3-4-19-10(7-15)6-13(17)18/h1-2,5,8,10H,3-4,6-7H2,(H,17,18)/b2-1+. The summed E-state index contributed by atoms with van der Waals surface area (Å²) in [5, 5.41) is 10.7. The topological polar surface area (TPSA) is 66.8 Å². The minimum absolute atomic E-state index is 0.0780. The molecule has 2 rings (SSSR count). The zero-order chi connectivity index (χ0) is 14.5. The average molecular weight is 360 g/mol. The number of amides is 1. The van der Waals surface area contributed by atoms with Gasteiger partial charge in [-0.3, -0.25) is 9.59 Å². The number of hydrogen-bond acceptors (Lipinski definition) is 4. The first-order valence-corrected chi connectivity index (χ1v) is 7.76. The summed E-state index contributed by atoms with van der Waals surface area (Å²) in [5.41, 5.74) is 0. The van der Waals surface area contributed by atoms with Gasteiger partial charge in [0, 0.05) is 33.9 Å². The van der Waals surface area contributed by atoms with E-state index in [9.17, 15) is 9.59 Å². The molecule has 0 aromatic carbocycles. The number of thiophene rings is 1. The van der Waals surface area contributed by atoms with Crippen LogP contribution in [0.25, 0.3) is 6.08 Å². The summed E-state index contributed by atoms with van der Waals surface area (Å²) in [5.74, 6) is -1.03. The second kappa shape index (κ2) is 7.01. The molecule has 108 valence electrons. The van der Waals surface area contributed by atoms with E-state index < -0.39 is 12.1 Å². The minimum Gasteiger partial charge on any atom is -0.481 e. The summed E-state index contributed by atoms with van der Waals surface area (Å²) in [7, 11) is 0. The fourth-order valence-corrected chi connectivity index (χ4v) is 3.25. The molecule has 1 saturated heterocycles. The largest absolute Gasteiger partial charge is 0.481 e. The lowest BCUT2D eigenvalue weighted by Gasteiger charge is -2.31. The second-order valence-electron chi connectivity index (χ2n) is 4.38. The highest BCUT2D eigenvalue weighted by atomic mass is 79.9. The van der Waals surface area contributed by atoms with Crippen LogP contribution in [0.2, 0.25) is 0 Å². The number of halogens is 1. The van der Waals surface area contributed by atoms with Crippen LogP contribution in [-0.4, -0.2) is 47.7 Å². The average Bonchev–Trinajstić information content (AvgIpc) is 2.81. The van der Waals surface area contributed by atoms with Crippen molar-refractivity contribution < 1.29 is 19.4 Å². The summed E-state index contributed by atoms with van der Waals surface area (Å²) in [6.45, 7) is 1.19. The van der Waals surface area contributed by atoms with E-state index in [2.05, 4.69) is 15.9 Å². The van der Waals surface area contributed by atoms with Gasteiger partial charge < -0.3 is 14.7 Å². The number of carboxylic acid groups (broad SMARTS) is 1. The molecule has 20 heavy (non-hydrogen) atoms. The molecule has 0 aliphatic carbocycles. The summed E-state index contributed by atoms with van der Waals surface area (Å²) in [6.07, 6.45) is 2.78. The Balaban J connectivity index is 1.91. The highest BCUT2D eigenvalue weighted by molar-refractivity contribution is 9.10. The molecule has 1 aliphatic rings. The van der Waals surface area contributed by atoms with Crippen LogP contribution in [0, 0.1) is 0 Å². The van der Waals surface area contributed by atoms with Gasteiger partial charge in [-0.05, 0) is 28.1 Å². The van der Waals surface area contributed by atoms with Crippen molar-refractivity contribution in [2.24, 2.45) is 0 Å². The number of carboxylic acids is 1. The molecular formula is C13H14BrNO4S. The molecular weight excluding hydrogens is 346 g/mol. The van der Waals surface area contributed by atoms with Crippen molar-refractivity contribution in [1.82, 2.24) is 4.90 Å². The van der Waals surface area contributed by atoms with Crippen molar-refractivity contribution in [3.8, 4) is 0 Å². The smallest absolute Gasteiger partial charge is 0.306 e. The van der Waals surface area contributed by atoms with Crippen LogP contribution in [0.1, 0.15) is 11.3 Å². The number of morpholine rings is 1. The van der Waals surface area contributed by atoms with Crippen molar-refractivity contribution in [2.75, 3.05) is 19.7 Å². The highest BCUT2D eigenvalue weighted by Crippen LogP contribution is 2.21. The lowest BCUT2D eigenvalue weighted by atomic mass is 10.2. The molecule has 1 aliphatic heterocycles. The number of hydrogen-bond donors (Lipinski definition) is 1.